The van der Waals surface area contributed by atoms with Gasteiger partial charge in [-0.1, -0.05) is 48.0 Å². The van der Waals surface area contributed by atoms with E-state index in [9.17, 15) is 9.59 Å². The molecule has 0 radical (unpaired) electrons. The number of imide groups is 1. The van der Waals surface area contributed by atoms with Crippen molar-refractivity contribution in [3.8, 4) is 5.75 Å². The maximum atomic E-state index is 13.5. The molecule has 0 aromatic heterocycles. The molecule has 3 aromatic carbocycles. The summed E-state index contributed by atoms with van der Waals surface area (Å²) >= 11 is 0. The number of ether oxygens (including phenoxy) is 1. The highest BCUT2D eigenvalue weighted by Crippen LogP contribution is 2.47. The minimum atomic E-state index is -0.874. The molecular formula is C25H22N2O4. The Morgan fingerprint density at radius 2 is 1.48 bits per heavy atom. The van der Waals surface area contributed by atoms with Gasteiger partial charge >= 0.3 is 0 Å². The zero-order chi connectivity index (χ0) is 21.5. The Balaban J connectivity index is 1.57. The summed E-state index contributed by atoms with van der Waals surface area (Å²) in [6.07, 6.45) is -0.874. The number of rotatable bonds is 4. The zero-order valence-corrected chi connectivity index (χ0v) is 17.3. The number of hydrogen-bond acceptors (Lipinski definition) is 5. The molecule has 0 aliphatic carbocycles. The molecule has 0 saturated carbocycles. The number of hydroxylamine groups is 1. The Kier molecular flexibility index (Phi) is 4.71. The van der Waals surface area contributed by atoms with E-state index < -0.39 is 18.1 Å². The molecule has 3 aromatic rings. The minimum absolute atomic E-state index is 0.252. The molecule has 2 heterocycles. The van der Waals surface area contributed by atoms with E-state index in [0.29, 0.717) is 5.69 Å². The van der Waals surface area contributed by atoms with E-state index in [2.05, 4.69) is 0 Å². The lowest BCUT2D eigenvalue weighted by Crippen LogP contribution is -2.37. The van der Waals surface area contributed by atoms with Crippen LogP contribution < -0.4 is 14.7 Å². The van der Waals surface area contributed by atoms with Crippen LogP contribution in [-0.4, -0.2) is 25.0 Å². The van der Waals surface area contributed by atoms with Crippen LogP contribution in [0.2, 0.25) is 0 Å². The lowest BCUT2D eigenvalue weighted by Gasteiger charge is -2.28. The van der Waals surface area contributed by atoms with E-state index in [1.807, 2.05) is 73.7 Å². The molecule has 6 nitrogen and oxygen atoms in total. The van der Waals surface area contributed by atoms with Crippen molar-refractivity contribution in [3.63, 3.8) is 0 Å². The van der Waals surface area contributed by atoms with E-state index in [1.54, 1.807) is 24.3 Å². The van der Waals surface area contributed by atoms with Crippen LogP contribution in [0.3, 0.4) is 0 Å². The van der Waals surface area contributed by atoms with Gasteiger partial charge in [-0.15, -0.1) is 0 Å². The number of aryl methyl sites for hydroxylation is 1. The summed E-state index contributed by atoms with van der Waals surface area (Å²) in [5.41, 5.74) is 3.30. The van der Waals surface area contributed by atoms with E-state index in [4.69, 9.17) is 9.57 Å². The first kappa shape index (κ1) is 19.3. The van der Waals surface area contributed by atoms with Gasteiger partial charge in [0.2, 0.25) is 5.91 Å². The molecule has 0 bridgehead atoms. The zero-order valence-electron chi connectivity index (χ0n) is 17.3. The van der Waals surface area contributed by atoms with Crippen LogP contribution >= 0.6 is 0 Å². The SMILES string of the molecule is COc1ccc([C@H]2[C@@H]3C(=O)N(c4ccc(C)cc4)C(=O)[C@H]3ON2c2ccccc2)cc1. The van der Waals surface area contributed by atoms with Crippen LogP contribution in [0.25, 0.3) is 0 Å². The molecule has 2 amide bonds. The largest absolute Gasteiger partial charge is 0.497 e. The Hall–Kier alpha value is -3.64. The Morgan fingerprint density at radius 1 is 0.806 bits per heavy atom. The Morgan fingerprint density at radius 3 is 2.13 bits per heavy atom. The lowest BCUT2D eigenvalue weighted by atomic mass is 9.90. The van der Waals surface area contributed by atoms with Gasteiger partial charge in [0.15, 0.2) is 6.10 Å². The number of nitrogens with zero attached hydrogens (tertiary/aromatic N) is 2. The Labute approximate surface area is 180 Å². The summed E-state index contributed by atoms with van der Waals surface area (Å²) in [5.74, 6) is -0.517. The summed E-state index contributed by atoms with van der Waals surface area (Å²) in [6.45, 7) is 1.96. The van der Waals surface area contributed by atoms with Gasteiger partial charge < -0.3 is 4.74 Å². The fourth-order valence-corrected chi connectivity index (χ4v) is 4.30. The van der Waals surface area contributed by atoms with Crippen molar-refractivity contribution < 1.29 is 19.2 Å². The van der Waals surface area contributed by atoms with Crippen molar-refractivity contribution in [2.45, 2.75) is 19.1 Å². The van der Waals surface area contributed by atoms with E-state index in [0.717, 1.165) is 22.6 Å². The topological polar surface area (TPSA) is 59.1 Å². The number of carbonyl (C=O) groups excluding carboxylic acids is 2. The average Bonchev–Trinajstić information content (AvgIpc) is 3.31. The molecule has 6 heteroatoms. The van der Waals surface area contributed by atoms with Gasteiger partial charge in [0, 0.05) is 0 Å². The lowest BCUT2D eigenvalue weighted by molar-refractivity contribution is -0.126. The van der Waals surface area contributed by atoms with Gasteiger partial charge in [0.1, 0.15) is 11.7 Å². The predicted octanol–water partition coefficient (Wildman–Crippen LogP) is 4.05. The molecule has 0 N–H and O–H groups in total. The van der Waals surface area contributed by atoms with Gasteiger partial charge in [-0.05, 0) is 48.9 Å². The van der Waals surface area contributed by atoms with Crippen molar-refractivity contribution in [2.24, 2.45) is 5.92 Å². The number of carbonyl (C=O) groups is 2. The summed E-state index contributed by atoms with van der Waals surface area (Å²) in [6, 6.07) is 24.0. The second kappa shape index (κ2) is 7.56. The van der Waals surface area contributed by atoms with Crippen molar-refractivity contribution in [1.29, 1.82) is 0 Å². The molecule has 0 unspecified atom stereocenters. The summed E-state index contributed by atoms with van der Waals surface area (Å²) < 4.78 is 5.28. The highest BCUT2D eigenvalue weighted by Gasteiger charge is 2.60. The fourth-order valence-electron chi connectivity index (χ4n) is 4.30. The molecule has 2 aliphatic rings. The summed E-state index contributed by atoms with van der Waals surface area (Å²) in [5, 5.41) is 1.69. The third-order valence-electron chi connectivity index (χ3n) is 5.88. The molecule has 2 saturated heterocycles. The van der Waals surface area contributed by atoms with Gasteiger partial charge in [0.25, 0.3) is 5.91 Å². The quantitative estimate of drug-likeness (QED) is 0.603. The number of anilines is 2. The number of amides is 2. The van der Waals surface area contributed by atoms with Crippen LogP contribution in [0.5, 0.6) is 5.75 Å². The van der Waals surface area contributed by atoms with Crippen molar-refractivity contribution in [2.75, 3.05) is 17.1 Å². The summed E-state index contributed by atoms with van der Waals surface area (Å²) in [7, 11) is 1.61. The molecule has 0 spiro atoms. The highest BCUT2D eigenvalue weighted by molar-refractivity contribution is 6.23. The van der Waals surface area contributed by atoms with Crippen molar-refractivity contribution in [1.82, 2.24) is 0 Å². The van der Waals surface area contributed by atoms with Crippen LogP contribution in [0, 0.1) is 12.8 Å². The number of hydrogen-bond donors (Lipinski definition) is 0. The third kappa shape index (κ3) is 3.16. The van der Waals surface area contributed by atoms with Crippen LogP contribution in [0.4, 0.5) is 11.4 Å². The Bertz CT molecular complexity index is 1110. The first-order valence-corrected chi connectivity index (χ1v) is 10.2. The highest BCUT2D eigenvalue weighted by atomic mass is 16.7. The van der Waals surface area contributed by atoms with Gasteiger partial charge in [-0.2, -0.15) is 0 Å². The van der Waals surface area contributed by atoms with Gasteiger partial charge in [-0.3, -0.25) is 14.4 Å². The number of fused-ring (bicyclic) bond motifs is 1. The monoisotopic (exact) mass is 414 g/mol. The average molecular weight is 414 g/mol. The standard InChI is InChI=1S/C25H22N2O4/c1-16-8-12-18(13-9-16)26-24(28)21-22(17-10-14-20(30-2)15-11-17)27(31-23(21)25(26)29)19-6-4-3-5-7-19/h3-15,21-23H,1-2H3/t21-,22-,23-/m0/s1. The smallest absolute Gasteiger partial charge is 0.266 e. The summed E-state index contributed by atoms with van der Waals surface area (Å²) in [4.78, 5) is 34.2. The number of methoxy groups -OCH3 is 1. The third-order valence-corrected chi connectivity index (χ3v) is 5.88. The van der Waals surface area contributed by atoms with Crippen LogP contribution in [-0.2, 0) is 14.4 Å². The second-order valence-electron chi connectivity index (χ2n) is 7.78. The maximum Gasteiger partial charge on any atom is 0.266 e. The molecule has 2 fully saturated rings. The molecule has 31 heavy (non-hydrogen) atoms. The minimum Gasteiger partial charge on any atom is -0.497 e. The van der Waals surface area contributed by atoms with Crippen molar-refractivity contribution >= 4 is 23.2 Å². The van der Waals surface area contributed by atoms with E-state index in [1.165, 1.54) is 4.90 Å². The van der Waals surface area contributed by atoms with Gasteiger partial charge in [0.05, 0.1) is 24.5 Å². The predicted molar refractivity (Wildman–Crippen MR) is 117 cm³/mol. The normalized spacial score (nSPS) is 22.7. The first-order chi connectivity index (χ1) is 15.1. The molecule has 2 aliphatic heterocycles. The first-order valence-electron chi connectivity index (χ1n) is 10.2. The van der Waals surface area contributed by atoms with E-state index in [-0.39, 0.29) is 11.8 Å². The number of para-hydroxylation sites is 1. The van der Waals surface area contributed by atoms with Crippen LogP contribution in [0.1, 0.15) is 17.2 Å². The molecule has 5 rings (SSSR count). The van der Waals surface area contributed by atoms with E-state index >= 15 is 0 Å². The van der Waals surface area contributed by atoms with Crippen LogP contribution in [0.15, 0.2) is 78.9 Å². The molecule has 3 atom stereocenters. The van der Waals surface area contributed by atoms with Gasteiger partial charge in [-0.25, -0.2) is 9.96 Å². The second-order valence-corrected chi connectivity index (χ2v) is 7.78. The maximum absolute atomic E-state index is 13.5. The fraction of sp³-hybridized carbons (Fsp3) is 0.200. The number of benzene rings is 3. The van der Waals surface area contributed by atoms with Crippen molar-refractivity contribution in [3.05, 3.63) is 90.0 Å². The molecular weight excluding hydrogens is 392 g/mol. The molecule has 156 valence electrons.